The number of anilines is 2. The van der Waals surface area contributed by atoms with Gasteiger partial charge in [0.1, 0.15) is 0 Å². The Balaban J connectivity index is 1.38. The zero-order chi connectivity index (χ0) is 23.3. The van der Waals surface area contributed by atoms with E-state index in [0.717, 1.165) is 31.5 Å². The van der Waals surface area contributed by atoms with Gasteiger partial charge in [0, 0.05) is 25.2 Å². The van der Waals surface area contributed by atoms with Crippen LogP contribution in [-0.4, -0.2) is 56.7 Å². The van der Waals surface area contributed by atoms with Crippen molar-refractivity contribution in [2.45, 2.75) is 51.7 Å². The second-order valence-corrected chi connectivity index (χ2v) is 9.15. The first-order chi connectivity index (χ1) is 15.7. The van der Waals surface area contributed by atoms with Crippen molar-refractivity contribution in [2.24, 2.45) is 11.8 Å². The summed E-state index contributed by atoms with van der Waals surface area (Å²) < 4.78 is 49.9. The minimum absolute atomic E-state index is 0.0110. The first kappa shape index (κ1) is 21.8. The minimum atomic E-state index is -4.44. The van der Waals surface area contributed by atoms with Crippen LogP contribution in [0.2, 0.25) is 0 Å². The van der Waals surface area contributed by atoms with E-state index in [9.17, 15) is 13.2 Å². The zero-order valence-electron chi connectivity index (χ0n) is 18.6. The van der Waals surface area contributed by atoms with Gasteiger partial charge in [0.05, 0.1) is 0 Å². The quantitative estimate of drug-likeness (QED) is 0.588. The molecule has 0 spiro atoms. The van der Waals surface area contributed by atoms with E-state index in [1.54, 1.807) is 13.0 Å². The summed E-state index contributed by atoms with van der Waals surface area (Å²) in [5, 5.41) is 11.8. The Morgan fingerprint density at radius 1 is 1.18 bits per heavy atom. The van der Waals surface area contributed by atoms with E-state index in [-0.39, 0.29) is 17.8 Å². The van der Waals surface area contributed by atoms with E-state index in [0.29, 0.717) is 35.3 Å². The van der Waals surface area contributed by atoms with Crippen LogP contribution in [0.3, 0.4) is 0 Å². The Kier molecular flexibility index (Phi) is 5.32. The molecule has 5 rings (SSSR count). The molecule has 0 aromatic carbocycles. The summed E-state index contributed by atoms with van der Waals surface area (Å²) in [7, 11) is 0. The molecule has 12 heteroatoms. The number of fused-ring (bicyclic) bond motifs is 3. The summed E-state index contributed by atoms with van der Waals surface area (Å²) in [4.78, 5) is 11.1. The Labute approximate surface area is 188 Å². The summed E-state index contributed by atoms with van der Waals surface area (Å²) in [5.41, 5.74) is 1.39. The van der Waals surface area contributed by atoms with Crippen molar-refractivity contribution in [3.8, 4) is 5.88 Å². The molecule has 1 N–H and O–H groups in total. The van der Waals surface area contributed by atoms with Crippen LogP contribution >= 0.6 is 0 Å². The molecule has 2 bridgehead atoms. The number of nitrogens with zero attached hydrogens (tertiary/aromatic N) is 6. The van der Waals surface area contributed by atoms with Crippen LogP contribution in [0.15, 0.2) is 16.7 Å². The van der Waals surface area contributed by atoms with E-state index in [1.165, 1.54) is 10.6 Å². The van der Waals surface area contributed by atoms with Crippen LogP contribution in [0.4, 0.5) is 25.1 Å². The number of pyridine rings is 1. The molecular weight excluding hydrogens is 439 g/mol. The summed E-state index contributed by atoms with van der Waals surface area (Å²) in [6.07, 6.45) is -2.33. The molecule has 3 aromatic heterocycles. The molecule has 0 radical (unpaired) electrons. The predicted molar refractivity (Wildman–Crippen MR) is 113 cm³/mol. The lowest BCUT2D eigenvalue weighted by atomic mass is 9.92. The average Bonchev–Trinajstić information content (AvgIpc) is 3.41. The van der Waals surface area contributed by atoms with E-state index in [1.807, 2.05) is 13.8 Å². The Morgan fingerprint density at radius 2 is 1.91 bits per heavy atom. The molecule has 1 aliphatic heterocycles. The van der Waals surface area contributed by atoms with Crippen LogP contribution in [-0.2, 0) is 0 Å². The van der Waals surface area contributed by atoms with Crippen molar-refractivity contribution in [1.29, 1.82) is 0 Å². The van der Waals surface area contributed by atoms with Crippen LogP contribution < -0.4 is 15.0 Å². The van der Waals surface area contributed by atoms with Crippen molar-refractivity contribution in [3.63, 3.8) is 0 Å². The molecule has 2 aliphatic rings. The molecule has 9 nitrogen and oxygen atoms in total. The average molecular weight is 465 g/mol. The molecule has 1 saturated carbocycles. The van der Waals surface area contributed by atoms with Crippen molar-refractivity contribution < 1.29 is 22.4 Å². The van der Waals surface area contributed by atoms with E-state index in [2.05, 4.69) is 30.4 Å². The van der Waals surface area contributed by atoms with Crippen molar-refractivity contribution in [3.05, 3.63) is 23.5 Å². The lowest BCUT2D eigenvalue weighted by molar-refractivity contribution is -0.154. The zero-order valence-corrected chi connectivity index (χ0v) is 18.6. The molecule has 33 heavy (non-hydrogen) atoms. The fourth-order valence-electron chi connectivity index (χ4n) is 4.91. The maximum absolute atomic E-state index is 12.7. The van der Waals surface area contributed by atoms with Gasteiger partial charge in [-0.3, -0.25) is 0 Å². The molecule has 178 valence electrons. The Bertz CT molecular complexity index is 1130. The topological polar surface area (TPSA) is 93.6 Å². The van der Waals surface area contributed by atoms with Crippen LogP contribution in [0.25, 0.3) is 5.65 Å². The number of ether oxygens (including phenoxy) is 1. The highest BCUT2D eigenvalue weighted by atomic mass is 19.4. The highest BCUT2D eigenvalue weighted by Gasteiger charge is 2.43. The predicted octanol–water partition coefficient (Wildman–Crippen LogP) is 3.81. The van der Waals surface area contributed by atoms with E-state index in [4.69, 9.17) is 9.26 Å². The van der Waals surface area contributed by atoms with Gasteiger partial charge < -0.3 is 19.5 Å². The normalized spacial score (nSPS) is 23.0. The number of aromatic nitrogens is 5. The second-order valence-electron chi connectivity index (χ2n) is 9.15. The summed E-state index contributed by atoms with van der Waals surface area (Å²) >= 11 is 0. The van der Waals surface area contributed by atoms with Gasteiger partial charge in [0.15, 0.2) is 18.1 Å². The Hall–Kier alpha value is -3.05. The molecule has 2 unspecified atom stereocenters. The van der Waals surface area contributed by atoms with E-state index < -0.39 is 12.8 Å². The number of hydrogen-bond donors (Lipinski definition) is 1. The van der Waals surface area contributed by atoms with Crippen molar-refractivity contribution in [1.82, 2.24) is 24.7 Å². The lowest BCUT2D eigenvalue weighted by Gasteiger charge is -2.37. The van der Waals surface area contributed by atoms with Gasteiger partial charge in [-0.1, -0.05) is 19.0 Å². The highest BCUT2D eigenvalue weighted by Crippen LogP contribution is 2.40. The number of aryl methyl sites for hydroxylation is 1. The van der Waals surface area contributed by atoms with Gasteiger partial charge in [0.2, 0.25) is 11.8 Å². The van der Waals surface area contributed by atoms with E-state index >= 15 is 0 Å². The van der Waals surface area contributed by atoms with Gasteiger partial charge in [-0.2, -0.15) is 27.7 Å². The standard InChI is InChI=1S/C21H26F3N7O2/c1-11(2)15-6-7-16(32-10-21(22,23)24)31-18(15)27-19(28-31)26-17-13-4-5-14(17)9-30(8-13)20-25-12(3)29-33-20/h6-7,11,13-14,17H,4-5,8-10H2,1-3H3,(H,26,28). The van der Waals surface area contributed by atoms with Crippen LogP contribution in [0.1, 0.15) is 44.0 Å². The maximum Gasteiger partial charge on any atom is 0.422 e. The largest absolute Gasteiger partial charge is 0.468 e. The Morgan fingerprint density at radius 3 is 2.52 bits per heavy atom. The number of piperidine rings is 1. The smallest absolute Gasteiger partial charge is 0.422 e. The van der Waals surface area contributed by atoms with Gasteiger partial charge >= 0.3 is 12.2 Å². The summed E-state index contributed by atoms with van der Waals surface area (Å²) in [5.74, 6) is 1.82. The molecule has 4 heterocycles. The first-order valence-corrected chi connectivity index (χ1v) is 11.1. The highest BCUT2D eigenvalue weighted by molar-refractivity contribution is 5.55. The molecule has 1 saturated heterocycles. The second kappa shape index (κ2) is 8.07. The molecule has 3 aromatic rings. The van der Waals surface area contributed by atoms with Crippen molar-refractivity contribution >= 4 is 17.6 Å². The third-order valence-electron chi connectivity index (χ3n) is 6.40. The third-order valence-corrected chi connectivity index (χ3v) is 6.40. The maximum atomic E-state index is 12.7. The molecule has 2 fully saturated rings. The van der Waals surface area contributed by atoms with Gasteiger partial charge in [-0.15, -0.1) is 5.10 Å². The van der Waals surface area contributed by atoms with Gasteiger partial charge in [-0.05, 0) is 49.1 Å². The monoisotopic (exact) mass is 465 g/mol. The molecule has 1 aliphatic carbocycles. The van der Waals surface area contributed by atoms with Crippen molar-refractivity contribution in [2.75, 3.05) is 29.9 Å². The number of rotatable bonds is 6. The fraction of sp³-hybridized carbons (Fsp3) is 0.619. The molecular formula is C21H26F3N7O2. The van der Waals surface area contributed by atoms with Crippen LogP contribution in [0, 0.1) is 18.8 Å². The van der Waals surface area contributed by atoms with Gasteiger partial charge in [-0.25, -0.2) is 0 Å². The minimum Gasteiger partial charge on any atom is -0.468 e. The summed E-state index contributed by atoms with van der Waals surface area (Å²) in [6.45, 7) is 5.97. The lowest BCUT2D eigenvalue weighted by Crippen LogP contribution is -2.48. The number of hydrogen-bond acceptors (Lipinski definition) is 8. The SMILES string of the molecule is Cc1noc(N2CC3CCC(C2)C3Nc2nc3c(C(C)C)ccc(OCC(F)(F)F)n3n2)n1. The van der Waals surface area contributed by atoms with Gasteiger partial charge in [0.25, 0.3) is 0 Å². The fourth-order valence-corrected chi connectivity index (χ4v) is 4.91. The number of halogens is 3. The number of nitrogens with one attached hydrogen (secondary N) is 1. The summed E-state index contributed by atoms with van der Waals surface area (Å²) in [6, 6.07) is 3.96. The number of alkyl halides is 3. The third kappa shape index (κ3) is 4.30. The first-order valence-electron chi connectivity index (χ1n) is 11.1. The van der Waals surface area contributed by atoms with Crippen LogP contribution in [0.5, 0.6) is 5.88 Å². The molecule has 0 amide bonds. The molecule has 2 atom stereocenters.